The lowest BCUT2D eigenvalue weighted by Crippen LogP contribution is -2.54. The molecule has 6 heteroatoms. The predicted molar refractivity (Wildman–Crippen MR) is 83.6 cm³/mol. The average molecular weight is 315 g/mol. The number of hydrogen-bond donors (Lipinski definition) is 2. The Morgan fingerprint density at radius 2 is 2.13 bits per heavy atom. The molecule has 0 amide bonds. The van der Waals surface area contributed by atoms with Crippen LogP contribution in [-0.4, -0.2) is 36.5 Å². The first-order chi connectivity index (χ1) is 11.0. The Kier molecular flexibility index (Phi) is 3.93. The maximum Gasteiger partial charge on any atom is 0.312 e. The molecule has 0 spiro atoms. The molecule has 0 radical (unpaired) electrons. The Balaban J connectivity index is 1.93. The molecule has 1 heterocycles. The monoisotopic (exact) mass is 315 g/mol. The zero-order valence-electron chi connectivity index (χ0n) is 13.1. The van der Waals surface area contributed by atoms with Crippen molar-refractivity contribution in [1.82, 2.24) is 14.8 Å². The Hall–Kier alpha value is -2.21. The zero-order chi connectivity index (χ0) is 16.5. The lowest BCUT2D eigenvalue weighted by molar-refractivity contribution is -0.169. The molecule has 0 aliphatic heterocycles. The second kappa shape index (κ2) is 5.77. The summed E-state index contributed by atoms with van der Waals surface area (Å²) in [6.07, 6.45) is 4.67. The van der Waals surface area contributed by atoms with E-state index in [1.807, 2.05) is 30.3 Å². The van der Waals surface area contributed by atoms with Crippen LogP contribution in [0.5, 0.6) is 0 Å². The Labute approximate surface area is 134 Å². The first-order valence-electron chi connectivity index (χ1n) is 7.78. The van der Waals surface area contributed by atoms with E-state index >= 15 is 0 Å². The SMILES string of the molecule is C[C@@]1(C(=O)O)CC[C@H](Cc2ccccc2)[C@]1(O)Cn1cncn1. The summed E-state index contributed by atoms with van der Waals surface area (Å²) in [4.78, 5) is 15.8. The van der Waals surface area contributed by atoms with Crippen LogP contribution < -0.4 is 0 Å². The van der Waals surface area contributed by atoms with Crippen molar-refractivity contribution in [3.63, 3.8) is 0 Å². The van der Waals surface area contributed by atoms with Gasteiger partial charge < -0.3 is 10.2 Å². The number of rotatable bonds is 5. The summed E-state index contributed by atoms with van der Waals surface area (Å²) >= 11 is 0. The van der Waals surface area contributed by atoms with Gasteiger partial charge in [0, 0.05) is 0 Å². The standard InChI is InChI=1S/C17H21N3O3/c1-16(15(21)22)8-7-14(9-13-5-3-2-4-6-13)17(16,23)10-20-12-18-11-19-20/h2-6,11-12,14,23H,7-10H2,1H3,(H,21,22)/t14-,16+,17-/m1/s1. The van der Waals surface area contributed by atoms with E-state index in [0.29, 0.717) is 19.3 Å². The normalized spacial score (nSPS) is 30.4. The molecule has 0 unspecified atom stereocenters. The summed E-state index contributed by atoms with van der Waals surface area (Å²) in [5, 5.41) is 25.2. The van der Waals surface area contributed by atoms with Crippen LogP contribution in [0.3, 0.4) is 0 Å². The minimum atomic E-state index is -1.37. The molecular weight excluding hydrogens is 294 g/mol. The third-order valence-electron chi connectivity index (χ3n) is 5.29. The fraction of sp³-hybridized carbons (Fsp3) is 0.471. The highest BCUT2D eigenvalue weighted by Gasteiger charge is 2.61. The van der Waals surface area contributed by atoms with Crippen molar-refractivity contribution >= 4 is 5.97 Å². The van der Waals surface area contributed by atoms with Gasteiger partial charge in [0.2, 0.25) is 0 Å². The lowest BCUT2D eigenvalue weighted by atomic mass is 9.71. The highest BCUT2D eigenvalue weighted by molar-refractivity contribution is 5.76. The number of aliphatic carboxylic acids is 1. The zero-order valence-corrected chi connectivity index (χ0v) is 13.1. The molecule has 1 aromatic heterocycles. The summed E-state index contributed by atoms with van der Waals surface area (Å²) in [5.41, 5.74) is -1.47. The second-order valence-corrected chi connectivity index (χ2v) is 6.58. The van der Waals surface area contributed by atoms with Gasteiger partial charge in [-0.05, 0) is 37.7 Å². The van der Waals surface area contributed by atoms with Crippen LogP contribution in [0, 0.1) is 11.3 Å². The third-order valence-corrected chi connectivity index (χ3v) is 5.29. The quantitative estimate of drug-likeness (QED) is 0.877. The largest absolute Gasteiger partial charge is 0.481 e. The van der Waals surface area contributed by atoms with Crippen molar-refractivity contribution in [3.8, 4) is 0 Å². The van der Waals surface area contributed by atoms with Gasteiger partial charge in [0.25, 0.3) is 0 Å². The number of nitrogens with zero attached hydrogens (tertiary/aromatic N) is 3. The molecule has 6 nitrogen and oxygen atoms in total. The first-order valence-corrected chi connectivity index (χ1v) is 7.78. The molecule has 23 heavy (non-hydrogen) atoms. The van der Waals surface area contributed by atoms with Gasteiger partial charge in [-0.15, -0.1) is 0 Å². The average Bonchev–Trinajstić information content (AvgIpc) is 3.11. The summed E-state index contributed by atoms with van der Waals surface area (Å²) in [6, 6.07) is 9.87. The van der Waals surface area contributed by atoms with Crippen LogP contribution in [0.25, 0.3) is 0 Å². The molecule has 1 aromatic carbocycles. The summed E-state index contributed by atoms with van der Waals surface area (Å²) in [5.74, 6) is -1.11. The highest BCUT2D eigenvalue weighted by Crippen LogP contribution is 2.52. The summed E-state index contributed by atoms with van der Waals surface area (Å²) < 4.78 is 1.52. The Morgan fingerprint density at radius 1 is 1.39 bits per heavy atom. The van der Waals surface area contributed by atoms with Crippen molar-refractivity contribution in [1.29, 1.82) is 0 Å². The summed E-state index contributed by atoms with van der Waals surface area (Å²) in [7, 11) is 0. The van der Waals surface area contributed by atoms with Gasteiger partial charge in [-0.1, -0.05) is 30.3 Å². The highest BCUT2D eigenvalue weighted by atomic mass is 16.4. The number of carboxylic acids is 1. The molecule has 0 saturated heterocycles. The lowest BCUT2D eigenvalue weighted by Gasteiger charge is -2.40. The van der Waals surface area contributed by atoms with E-state index in [9.17, 15) is 15.0 Å². The van der Waals surface area contributed by atoms with E-state index in [2.05, 4.69) is 10.1 Å². The van der Waals surface area contributed by atoms with E-state index in [0.717, 1.165) is 5.56 Å². The van der Waals surface area contributed by atoms with Crippen molar-refractivity contribution in [2.24, 2.45) is 11.3 Å². The molecule has 2 aromatic rings. The number of benzene rings is 1. The maximum absolute atomic E-state index is 11.9. The molecule has 1 aliphatic rings. The van der Waals surface area contributed by atoms with Crippen molar-refractivity contribution in [3.05, 3.63) is 48.5 Å². The van der Waals surface area contributed by atoms with Gasteiger partial charge in [0.15, 0.2) is 0 Å². The van der Waals surface area contributed by atoms with E-state index in [1.165, 1.54) is 17.3 Å². The fourth-order valence-electron chi connectivity index (χ4n) is 3.70. The molecule has 1 aliphatic carbocycles. The molecule has 0 bridgehead atoms. The minimum Gasteiger partial charge on any atom is -0.481 e. The van der Waals surface area contributed by atoms with Crippen LogP contribution in [0.4, 0.5) is 0 Å². The second-order valence-electron chi connectivity index (χ2n) is 6.58. The summed E-state index contributed by atoms with van der Waals surface area (Å²) in [6.45, 7) is 1.77. The van der Waals surface area contributed by atoms with Crippen molar-refractivity contribution in [2.45, 2.75) is 38.3 Å². The van der Waals surface area contributed by atoms with Crippen LogP contribution in [0.1, 0.15) is 25.3 Å². The Bertz CT molecular complexity index is 674. The maximum atomic E-state index is 11.9. The van der Waals surface area contributed by atoms with E-state index < -0.39 is 17.0 Å². The van der Waals surface area contributed by atoms with Gasteiger partial charge in [-0.2, -0.15) is 5.10 Å². The molecular formula is C17H21N3O3. The van der Waals surface area contributed by atoms with Crippen molar-refractivity contribution < 1.29 is 15.0 Å². The number of hydrogen-bond acceptors (Lipinski definition) is 4. The number of aromatic nitrogens is 3. The molecule has 122 valence electrons. The smallest absolute Gasteiger partial charge is 0.312 e. The minimum absolute atomic E-state index is 0.132. The topological polar surface area (TPSA) is 88.2 Å². The van der Waals surface area contributed by atoms with E-state index in [4.69, 9.17) is 0 Å². The van der Waals surface area contributed by atoms with Crippen LogP contribution in [0.2, 0.25) is 0 Å². The molecule has 1 saturated carbocycles. The molecule has 2 N–H and O–H groups in total. The first kappa shape index (κ1) is 15.7. The van der Waals surface area contributed by atoms with Crippen LogP contribution >= 0.6 is 0 Å². The van der Waals surface area contributed by atoms with Gasteiger partial charge in [-0.25, -0.2) is 4.98 Å². The van der Waals surface area contributed by atoms with E-state index in [-0.39, 0.29) is 12.5 Å². The number of carbonyl (C=O) groups is 1. The van der Waals surface area contributed by atoms with Gasteiger partial charge in [0.1, 0.15) is 18.3 Å². The van der Waals surface area contributed by atoms with Gasteiger partial charge in [-0.3, -0.25) is 9.48 Å². The fourth-order valence-corrected chi connectivity index (χ4v) is 3.70. The molecule has 3 atom stereocenters. The predicted octanol–water partition coefficient (Wildman–Crippen LogP) is 1.75. The number of aliphatic hydroxyl groups is 1. The van der Waals surface area contributed by atoms with Gasteiger partial charge in [0.05, 0.1) is 12.0 Å². The third kappa shape index (κ3) is 2.63. The number of carboxylic acid groups (broad SMARTS) is 1. The van der Waals surface area contributed by atoms with Crippen molar-refractivity contribution in [2.75, 3.05) is 0 Å². The molecule has 3 rings (SSSR count). The van der Waals surface area contributed by atoms with Crippen LogP contribution in [0.15, 0.2) is 43.0 Å². The molecule has 1 fully saturated rings. The Morgan fingerprint density at radius 3 is 2.74 bits per heavy atom. The van der Waals surface area contributed by atoms with Gasteiger partial charge >= 0.3 is 5.97 Å². The van der Waals surface area contributed by atoms with E-state index in [1.54, 1.807) is 6.92 Å². The van der Waals surface area contributed by atoms with Crippen LogP contribution in [-0.2, 0) is 17.8 Å².